The van der Waals surface area contributed by atoms with Crippen molar-refractivity contribution in [3.63, 3.8) is 0 Å². The number of ether oxygens (including phenoxy) is 1. The lowest BCUT2D eigenvalue weighted by atomic mass is 10.1. The monoisotopic (exact) mass is 226 g/mol. The molecule has 1 aromatic heterocycles. The van der Waals surface area contributed by atoms with Gasteiger partial charge in [0.25, 0.3) is 0 Å². The van der Waals surface area contributed by atoms with Crippen LogP contribution >= 0.6 is 11.6 Å². The zero-order valence-electron chi connectivity index (χ0n) is 9.01. The van der Waals surface area contributed by atoms with Gasteiger partial charge in [-0.1, -0.05) is 11.6 Å². The molecule has 1 saturated heterocycles. The highest BCUT2D eigenvalue weighted by Gasteiger charge is 2.21. The number of aromatic nitrogens is 1. The lowest BCUT2D eigenvalue weighted by Gasteiger charge is -2.15. The van der Waals surface area contributed by atoms with Gasteiger partial charge in [0.2, 0.25) is 0 Å². The maximum absolute atomic E-state index is 6.00. The Kier molecular flexibility index (Phi) is 3.12. The van der Waals surface area contributed by atoms with E-state index < -0.39 is 0 Å². The first kappa shape index (κ1) is 10.7. The molecule has 3 nitrogen and oxygen atoms in total. The molecule has 1 aliphatic rings. The van der Waals surface area contributed by atoms with Crippen LogP contribution in [0.5, 0.6) is 5.75 Å². The van der Waals surface area contributed by atoms with Crippen molar-refractivity contribution in [3.05, 3.63) is 22.5 Å². The first-order valence-electron chi connectivity index (χ1n) is 5.16. The lowest BCUT2D eigenvalue weighted by Crippen LogP contribution is -2.15. The van der Waals surface area contributed by atoms with Crippen molar-refractivity contribution in [2.75, 3.05) is 13.7 Å². The maximum atomic E-state index is 6.00. The normalized spacial score (nSPS) is 20.6. The second kappa shape index (κ2) is 4.37. The number of rotatable bonds is 2. The van der Waals surface area contributed by atoms with Crippen molar-refractivity contribution in [2.24, 2.45) is 0 Å². The molecule has 2 heterocycles. The van der Waals surface area contributed by atoms with E-state index in [0.717, 1.165) is 30.0 Å². The van der Waals surface area contributed by atoms with Gasteiger partial charge in [0.05, 0.1) is 12.8 Å². The van der Waals surface area contributed by atoms with Crippen LogP contribution in [-0.4, -0.2) is 18.6 Å². The highest BCUT2D eigenvalue weighted by atomic mass is 35.5. The summed E-state index contributed by atoms with van der Waals surface area (Å²) in [6, 6.07) is 0.358. The summed E-state index contributed by atoms with van der Waals surface area (Å²) in [5.74, 6) is 0.746. The zero-order chi connectivity index (χ0) is 10.8. The smallest absolute Gasteiger partial charge is 0.143 e. The molecule has 2 rings (SSSR count). The third-order valence-corrected chi connectivity index (χ3v) is 3.12. The Morgan fingerprint density at radius 3 is 3.00 bits per heavy atom. The molecule has 0 radical (unpaired) electrons. The van der Waals surface area contributed by atoms with E-state index in [1.807, 2.05) is 6.92 Å². The van der Waals surface area contributed by atoms with Gasteiger partial charge in [-0.15, -0.1) is 0 Å². The second-order valence-electron chi connectivity index (χ2n) is 3.80. The standard InChI is InChI=1S/C11H15ClN2O/c1-7-10(9-4-3-5-13-9)14-6-8(12)11(7)15-2/h6,9,13H,3-5H2,1-2H3. The molecule has 0 spiro atoms. The minimum absolute atomic E-state index is 0.358. The summed E-state index contributed by atoms with van der Waals surface area (Å²) < 4.78 is 5.28. The zero-order valence-corrected chi connectivity index (χ0v) is 9.77. The highest BCUT2D eigenvalue weighted by Crippen LogP contribution is 2.33. The van der Waals surface area contributed by atoms with Gasteiger partial charge in [0.1, 0.15) is 10.8 Å². The van der Waals surface area contributed by atoms with Crippen molar-refractivity contribution >= 4 is 11.6 Å². The van der Waals surface area contributed by atoms with Gasteiger partial charge in [-0.2, -0.15) is 0 Å². The molecule has 1 aliphatic heterocycles. The van der Waals surface area contributed by atoms with Gasteiger partial charge in [-0.3, -0.25) is 4.98 Å². The van der Waals surface area contributed by atoms with Crippen LogP contribution in [0.4, 0.5) is 0 Å². The molecular formula is C11H15ClN2O. The van der Waals surface area contributed by atoms with Gasteiger partial charge in [0.15, 0.2) is 0 Å². The Hall–Kier alpha value is -0.800. The Labute approximate surface area is 94.8 Å². The highest BCUT2D eigenvalue weighted by molar-refractivity contribution is 6.32. The summed E-state index contributed by atoms with van der Waals surface area (Å²) in [7, 11) is 1.64. The fourth-order valence-electron chi connectivity index (χ4n) is 2.10. The fourth-order valence-corrected chi connectivity index (χ4v) is 2.36. The minimum Gasteiger partial charge on any atom is -0.495 e. The summed E-state index contributed by atoms with van der Waals surface area (Å²) >= 11 is 6.00. The average molecular weight is 227 g/mol. The van der Waals surface area contributed by atoms with Crippen molar-refractivity contribution in [2.45, 2.75) is 25.8 Å². The summed E-state index contributed by atoms with van der Waals surface area (Å²) in [6.07, 6.45) is 4.01. The fraction of sp³-hybridized carbons (Fsp3) is 0.545. The van der Waals surface area contributed by atoms with Crippen LogP contribution in [-0.2, 0) is 0 Å². The van der Waals surface area contributed by atoms with Crippen LogP contribution in [0.25, 0.3) is 0 Å². The van der Waals surface area contributed by atoms with Gasteiger partial charge in [-0.05, 0) is 26.3 Å². The Balaban J connectivity index is 2.39. The van der Waals surface area contributed by atoms with Gasteiger partial charge in [0, 0.05) is 17.8 Å². The predicted molar refractivity (Wildman–Crippen MR) is 60.5 cm³/mol. The van der Waals surface area contributed by atoms with Crippen molar-refractivity contribution < 1.29 is 4.74 Å². The van der Waals surface area contributed by atoms with Crippen LogP contribution in [0.2, 0.25) is 5.02 Å². The van der Waals surface area contributed by atoms with Crippen molar-refractivity contribution in [3.8, 4) is 5.75 Å². The number of nitrogens with zero attached hydrogens (tertiary/aromatic N) is 1. The molecule has 15 heavy (non-hydrogen) atoms. The molecule has 1 fully saturated rings. The first-order chi connectivity index (χ1) is 7.24. The Morgan fingerprint density at radius 2 is 2.40 bits per heavy atom. The van der Waals surface area contributed by atoms with E-state index in [0.29, 0.717) is 11.1 Å². The molecule has 1 N–H and O–H groups in total. The van der Waals surface area contributed by atoms with Crippen LogP contribution < -0.4 is 10.1 Å². The van der Waals surface area contributed by atoms with E-state index in [1.54, 1.807) is 13.3 Å². The lowest BCUT2D eigenvalue weighted by molar-refractivity contribution is 0.409. The number of methoxy groups -OCH3 is 1. The van der Waals surface area contributed by atoms with Gasteiger partial charge >= 0.3 is 0 Å². The third kappa shape index (κ3) is 1.94. The first-order valence-corrected chi connectivity index (χ1v) is 5.54. The molecule has 1 aromatic rings. The van der Waals surface area contributed by atoms with E-state index in [9.17, 15) is 0 Å². The molecular weight excluding hydrogens is 212 g/mol. The molecule has 82 valence electrons. The topological polar surface area (TPSA) is 34.1 Å². The number of pyridine rings is 1. The van der Waals surface area contributed by atoms with Crippen LogP contribution in [0.3, 0.4) is 0 Å². The second-order valence-corrected chi connectivity index (χ2v) is 4.21. The molecule has 0 aliphatic carbocycles. The third-order valence-electron chi connectivity index (χ3n) is 2.85. The Morgan fingerprint density at radius 1 is 1.60 bits per heavy atom. The van der Waals surface area contributed by atoms with E-state index >= 15 is 0 Å². The molecule has 1 atom stereocenters. The maximum Gasteiger partial charge on any atom is 0.143 e. The molecule has 0 bridgehead atoms. The predicted octanol–water partition coefficient (Wildman–Crippen LogP) is 2.48. The van der Waals surface area contributed by atoms with Crippen molar-refractivity contribution in [1.82, 2.24) is 10.3 Å². The van der Waals surface area contributed by atoms with E-state index in [2.05, 4.69) is 10.3 Å². The number of hydrogen-bond acceptors (Lipinski definition) is 3. The van der Waals surface area contributed by atoms with Gasteiger partial charge in [-0.25, -0.2) is 0 Å². The summed E-state index contributed by atoms with van der Waals surface area (Å²) in [5.41, 5.74) is 2.11. The quantitative estimate of drug-likeness (QED) is 0.842. The largest absolute Gasteiger partial charge is 0.495 e. The van der Waals surface area contributed by atoms with E-state index in [-0.39, 0.29) is 0 Å². The number of halogens is 1. The summed E-state index contributed by atoms with van der Waals surface area (Å²) in [4.78, 5) is 4.39. The molecule has 0 aromatic carbocycles. The molecule has 0 amide bonds. The van der Waals surface area contributed by atoms with Crippen molar-refractivity contribution in [1.29, 1.82) is 0 Å². The van der Waals surface area contributed by atoms with Gasteiger partial charge < -0.3 is 10.1 Å². The molecule has 0 saturated carbocycles. The average Bonchev–Trinajstić information content (AvgIpc) is 2.71. The van der Waals surface area contributed by atoms with Crippen LogP contribution in [0, 0.1) is 6.92 Å². The number of nitrogens with one attached hydrogen (secondary N) is 1. The van der Waals surface area contributed by atoms with Crippen LogP contribution in [0.1, 0.15) is 30.1 Å². The number of hydrogen-bond donors (Lipinski definition) is 1. The van der Waals surface area contributed by atoms with E-state index in [4.69, 9.17) is 16.3 Å². The van der Waals surface area contributed by atoms with E-state index in [1.165, 1.54) is 6.42 Å². The molecule has 1 unspecified atom stereocenters. The summed E-state index contributed by atoms with van der Waals surface area (Å²) in [6.45, 7) is 3.07. The minimum atomic E-state index is 0.358. The Bertz CT molecular complexity index is 362. The SMILES string of the molecule is COc1c(Cl)cnc(C2CCCN2)c1C. The molecule has 4 heteroatoms. The summed E-state index contributed by atoms with van der Waals surface area (Å²) in [5, 5.41) is 4.00. The van der Waals surface area contributed by atoms with Crippen LogP contribution in [0.15, 0.2) is 6.20 Å².